The molecule has 1 nitrogen and oxygen atoms in total. The van der Waals surface area contributed by atoms with Crippen LogP contribution in [-0.2, 0) is 0 Å². The Hall–Kier alpha value is 0.140. The van der Waals surface area contributed by atoms with Gasteiger partial charge in [0.15, 0.2) is 0 Å². The normalized spacial score (nSPS) is 13.2. The van der Waals surface area contributed by atoms with Crippen LogP contribution < -0.4 is 0 Å². The van der Waals surface area contributed by atoms with Crippen molar-refractivity contribution in [2.75, 3.05) is 6.61 Å². The first-order valence-corrected chi connectivity index (χ1v) is 5.75. The maximum Gasteiger partial charge on any atom is 0.0701 e. The molecule has 0 aliphatic heterocycles. The van der Waals surface area contributed by atoms with E-state index in [1.54, 1.807) is 11.3 Å². The van der Waals surface area contributed by atoms with Gasteiger partial charge in [-0.1, -0.05) is 13.3 Å². The van der Waals surface area contributed by atoms with Gasteiger partial charge >= 0.3 is 0 Å². The van der Waals surface area contributed by atoms with Crippen molar-refractivity contribution in [1.29, 1.82) is 0 Å². The predicted octanol–water partition coefficient (Wildman–Crippen LogP) is 3.39. The summed E-state index contributed by atoms with van der Waals surface area (Å²) in [7, 11) is 0. The van der Waals surface area contributed by atoms with Gasteiger partial charge in [-0.25, -0.2) is 0 Å². The number of hydrogen-bond donors (Lipinski definition) is 1. The molecule has 1 aromatic rings. The summed E-state index contributed by atoms with van der Waals surface area (Å²) in [6, 6.07) is 4.13. The summed E-state index contributed by atoms with van der Waals surface area (Å²) < 4.78 is 1.15. The second-order valence-electron chi connectivity index (χ2n) is 2.81. The Morgan fingerprint density at radius 2 is 2.33 bits per heavy atom. The van der Waals surface area contributed by atoms with Crippen LogP contribution in [0, 0.1) is 0 Å². The summed E-state index contributed by atoms with van der Waals surface area (Å²) in [5, 5.41) is 9.11. The second-order valence-corrected chi connectivity index (χ2v) is 5.30. The van der Waals surface area contributed by atoms with Gasteiger partial charge in [0.1, 0.15) is 0 Å². The molecule has 0 saturated heterocycles. The summed E-state index contributed by atoms with van der Waals surface area (Å²) in [4.78, 5) is 1.28. The number of rotatable bonds is 4. The van der Waals surface area contributed by atoms with E-state index in [-0.39, 0.29) is 6.61 Å². The monoisotopic (exact) mass is 248 g/mol. The van der Waals surface area contributed by atoms with Gasteiger partial charge in [-0.05, 0) is 34.5 Å². The Labute approximate surface area is 85.6 Å². The molecule has 0 aliphatic rings. The Bertz CT molecular complexity index is 234. The van der Waals surface area contributed by atoms with Crippen LogP contribution >= 0.6 is 27.3 Å². The molecule has 1 rings (SSSR count). The fourth-order valence-corrected chi connectivity index (χ4v) is 2.77. The molecular weight excluding hydrogens is 236 g/mol. The van der Waals surface area contributed by atoms with E-state index in [1.807, 2.05) is 6.07 Å². The number of aliphatic hydroxyl groups excluding tert-OH is 1. The Morgan fingerprint density at radius 1 is 1.58 bits per heavy atom. The first kappa shape index (κ1) is 10.2. The third-order valence-electron chi connectivity index (χ3n) is 1.85. The van der Waals surface area contributed by atoms with E-state index in [1.165, 1.54) is 4.88 Å². The van der Waals surface area contributed by atoms with Crippen molar-refractivity contribution < 1.29 is 5.11 Å². The summed E-state index contributed by atoms with van der Waals surface area (Å²) in [6.45, 7) is 2.41. The first-order valence-electron chi connectivity index (χ1n) is 4.14. The molecule has 68 valence electrons. The van der Waals surface area contributed by atoms with Crippen LogP contribution in [0.15, 0.2) is 15.9 Å². The van der Waals surface area contributed by atoms with Gasteiger partial charge in [-0.2, -0.15) is 0 Å². The van der Waals surface area contributed by atoms with Crippen molar-refractivity contribution >= 4 is 27.3 Å². The minimum absolute atomic E-state index is 0.265. The lowest BCUT2D eigenvalue weighted by Gasteiger charge is -2.09. The van der Waals surface area contributed by atoms with E-state index in [9.17, 15) is 0 Å². The molecule has 1 unspecified atom stereocenters. The lowest BCUT2D eigenvalue weighted by Crippen LogP contribution is -2.00. The van der Waals surface area contributed by atoms with Crippen LogP contribution in [0.3, 0.4) is 0 Å². The highest BCUT2D eigenvalue weighted by Crippen LogP contribution is 2.30. The summed E-state index contributed by atoms with van der Waals surface area (Å²) >= 11 is 5.13. The fourth-order valence-electron chi connectivity index (χ4n) is 1.22. The molecule has 0 saturated carbocycles. The molecule has 0 radical (unpaired) electrons. The lowest BCUT2D eigenvalue weighted by molar-refractivity contribution is 0.260. The van der Waals surface area contributed by atoms with Crippen molar-refractivity contribution in [3.8, 4) is 0 Å². The summed E-state index contributed by atoms with van der Waals surface area (Å²) in [5.74, 6) is 0.339. The Kier molecular flexibility index (Phi) is 4.26. The van der Waals surface area contributed by atoms with Gasteiger partial charge < -0.3 is 5.11 Å². The summed E-state index contributed by atoms with van der Waals surface area (Å²) in [6.07, 6.45) is 2.20. The zero-order chi connectivity index (χ0) is 8.97. The van der Waals surface area contributed by atoms with Crippen molar-refractivity contribution in [2.45, 2.75) is 25.7 Å². The molecular formula is C9H13BrOS. The average Bonchev–Trinajstić information content (AvgIpc) is 2.47. The molecule has 0 fully saturated rings. The standard InChI is InChI=1S/C9H13BrOS/c1-2-3-7(6-11)8-4-5-9(10)12-8/h4-5,7,11H,2-3,6H2,1H3. The SMILES string of the molecule is CCCC(CO)c1ccc(Br)s1. The van der Waals surface area contributed by atoms with Crippen LogP contribution in [0.4, 0.5) is 0 Å². The van der Waals surface area contributed by atoms with E-state index in [2.05, 4.69) is 28.9 Å². The van der Waals surface area contributed by atoms with Crippen LogP contribution in [-0.4, -0.2) is 11.7 Å². The molecule has 0 aliphatic carbocycles. The molecule has 3 heteroatoms. The third-order valence-corrected chi connectivity index (χ3v) is 3.64. The molecule has 1 atom stereocenters. The second kappa shape index (κ2) is 5.00. The predicted molar refractivity (Wildman–Crippen MR) is 56.8 cm³/mol. The first-order chi connectivity index (χ1) is 5.77. The Morgan fingerprint density at radius 3 is 2.75 bits per heavy atom. The van der Waals surface area contributed by atoms with Gasteiger partial charge in [0, 0.05) is 10.8 Å². The van der Waals surface area contributed by atoms with Crippen molar-refractivity contribution in [1.82, 2.24) is 0 Å². The number of halogens is 1. The van der Waals surface area contributed by atoms with Crippen LogP contribution in [0.5, 0.6) is 0 Å². The third kappa shape index (κ3) is 2.57. The molecule has 0 bridgehead atoms. The van der Waals surface area contributed by atoms with Crippen LogP contribution in [0.25, 0.3) is 0 Å². The minimum Gasteiger partial charge on any atom is -0.396 e. The molecule has 1 N–H and O–H groups in total. The smallest absolute Gasteiger partial charge is 0.0701 e. The maximum absolute atomic E-state index is 9.11. The topological polar surface area (TPSA) is 20.2 Å². The molecule has 0 aromatic carbocycles. The number of aliphatic hydroxyl groups is 1. The van der Waals surface area contributed by atoms with Crippen molar-refractivity contribution in [3.63, 3.8) is 0 Å². The molecule has 1 aromatic heterocycles. The highest BCUT2D eigenvalue weighted by molar-refractivity contribution is 9.11. The van der Waals surface area contributed by atoms with Crippen molar-refractivity contribution in [3.05, 3.63) is 20.8 Å². The molecule has 1 heterocycles. The van der Waals surface area contributed by atoms with E-state index in [0.717, 1.165) is 16.6 Å². The molecule has 0 spiro atoms. The number of hydrogen-bond acceptors (Lipinski definition) is 2. The minimum atomic E-state index is 0.265. The summed E-state index contributed by atoms with van der Waals surface area (Å²) in [5.41, 5.74) is 0. The zero-order valence-corrected chi connectivity index (χ0v) is 9.49. The van der Waals surface area contributed by atoms with Crippen LogP contribution in [0.1, 0.15) is 30.6 Å². The quantitative estimate of drug-likeness (QED) is 0.867. The van der Waals surface area contributed by atoms with Gasteiger partial charge in [0.2, 0.25) is 0 Å². The van der Waals surface area contributed by atoms with Gasteiger partial charge in [0.05, 0.1) is 10.4 Å². The van der Waals surface area contributed by atoms with Gasteiger partial charge in [-0.15, -0.1) is 11.3 Å². The van der Waals surface area contributed by atoms with E-state index < -0.39 is 0 Å². The zero-order valence-electron chi connectivity index (χ0n) is 7.09. The van der Waals surface area contributed by atoms with Crippen molar-refractivity contribution in [2.24, 2.45) is 0 Å². The van der Waals surface area contributed by atoms with Gasteiger partial charge in [-0.3, -0.25) is 0 Å². The van der Waals surface area contributed by atoms with E-state index >= 15 is 0 Å². The van der Waals surface area contributed by atoms with Crippen LogP contribution in [0.2, 0.25) is 0 Å². The van der Waals surface area contributed by atoms with Gasteiger partial charge in [0.25, 0.3) is 0 Å². The van der Waals surface area contributed by atoms with E-state index in [0.29, 0.717) is 5.92 Å². The average molecular weight is 249 g/mol. The highest BCUT2D eigenvalue weighted by Gasteiger charge is 2.10. The lowest BCUT2D eigenvalue weighted by atomic mass is 10.0. The van der Waals surface area contributed by atoms with E-state index in [4.69, 9.17) is 5.11 Å². The molecule has 12 heavy (non-hydrogen) atoms. The molecule has 0 amide bonds. The maximum atomic E-state index is 9.11. The Balaban J connectivity index is 2.66. The number of thiophene rings is 1. The highest BCUT2D eigenvalue weighted by atomic mass is 79.9. The largest absolute Gasteiger partial charge is 0.396 e. The fraction of sp³-hybridized carbons (Fsp3) is 0.556.